The van der Waals surface area contributed by atoms with Gasteiger partial charge in [0.25, 0.3) is 0 Å². The summed E-state index contributed by atoms with van der Waals surface area (Å²) in [4.78, 5) is 3.88. The molecular weight excluding hydrogens is 263 g/mol. The summed E-state index contributed by atoms with van der Waals surface area (Å²) < 4.78 is 14.2. The van der Waals surface area contributed by atoms with Crippen molar-refractivity contribution in [1.29, 1.82) is 0 Å². The van der Waals surface area contributed by atoms with Gasteiger partial charge >= 0.3 is 0 Å². The van der Waals surface area contributed by atoms with Gasteiger partial charge in [-0.15, -0.1) is 0 Å². The molecule has 2 atom stereocenters. The minimum absolute atomic E-state index is 0.0246. The van der Waals surface area contributed by atoms with Crippen LogP contribution in [0.1, 0.15) is 48.4 Å². The average Bonchev–Trinajstić information content (AvgIpc) is 2.93. The fourth-order valence-corrected chi connectivity index (χ4v) is 3.34. The predicted molar refractivity (Wildman–Crippen MR) is 82.7 cm³/mol. The van der Waals surface area contributed by atoms with Gasteiger partial charge in [-0.05, 0) is 43.0 Å². The van der Waals surface area contributed by atoms with Crippen LogP contribution in [0.4, 0.5) is 4.39 Å². The summed E-state index contributed by atoms with van der Waals surface area (Å²) in [5.41, 5.74) is 3.50. The fourth-order valence-electron chi connectivity index (χ4n) is 3.34. The van der Waals surface area contributed by atoms with Crippen LogP contribution in [0.15, 0.2) is 42.7 Å². The van der Waals surface area contributed by atoms with E-state index in [1.54, 1.807) is 6.20 Å². The first-order valence-electron chi connectivity index (χ1n) is 7.72. The molecule has 0 radical (unpaired) electrons. The standard InChI is InChI=1S/C18H21FN2/c1-2-10-21-18(16-9-11-20-12-17(16)19)15-8-7-13-5-3-4-6-14(13)15/h3-6,9,11-12,15,18,21H,2,7-8,10H2,1H3. The van der Waals surface area contributed by atoms with Gasteiger partial charge in [-0.25, -0.2) is 4.39 Å². The molecule has 1 N–H and O–H groups in total. The van der Waals surface area contributed by atoms with Crippen molar-refractivity contribution in [3.05, 3.63) is 65.2 Å². The van der Waals surface area contributed by atoms with Crippen LogP contribution in [0.3, 0.4) is 0 Å². The Morgan fingerprint density at radius 1 is 1.33 bits per heavy atom. The monoisotopic (exact) mass is 284 g/mol. The molecule has 110 valence electrons. The fraction of sp³-hybridized carbons (Fsp3) is 0.389. The van der Waals surface area contributed by atoms with Crippen LogP contribution < -0.4 is 5.32 Å². The molecule has 1 aromatic heterocycles. The van der Waals surface area contributed by atoms with Crippen LogP contribution in [0.2, 0.25) is 0 Å². The second-order valence-electron chi connectivity index (χ2n) is 5.67. The number of hydrogen-bond acceptors (Lipinski definition) is 2. The lowest BCUT2D eigenvalue weighted by molar-refractivity contribution is 0.424. The van der Waals surface area contributed by atoms with Gasteiger partial charge in [-0.3, -0.25) is 4.98 Å². The molecule has 1 aliphatic carbocycles. The van der Waals surface area contributed by atoms with Crippen molar-refractivity contribution in [1.82, 2.24) is 10.3 Å². The molecule has 0 fully saturated rings. The highest BCUT2D eigenvalue weighted by Gasteiger charge is 2.31. The zero-order valence-electron chi connectivity index (χ0n) is 12.3. The van der Waals surface area contributed by atoms with Gasteiger partial charge in [0.05, 0.1) is 6.20 Å². The van der Waals surface area contributed by atoms with Crippen molar-refractivity contribution in [2.45, 2.75) is 38.1 Å². The Kier molecular flexibility index (Phi) is 4.30. The Balaban J connectivity index is 1.96. The van der Waals surface area contributed by atoms with E-state index in [1.807, 2.05) is 6.07 Å². The van der Waals surface area contributed by atoms with E-state index in [4.69, 9.17) is 0 Å². The molecule has 1 aliphatic rings. The van der Waals surface area contributed by atoms with Gasteiger partial charge in [0.1, 0.15) is 5.82 Å². The van der Waals surface area contributed by atoms with Gasteiger partial charge in [0, 0.05) is 23.7 Å². The maximum Gasteiger partial charge on any atom is 0.146 e. The summed E-state index contributed by atoms with van der Waals surface area (Å²) in [7, 11) is 0. The first kappa shape index (κ1) is 14.2. The lowest BCUT2D eigenvalue weighted by Crippen LogP contribution is -2.28. The first-order chi connectivity index (χ1) is 10.3. The van der Waals surface area contributed by atoms with Crippen molar-refractivity contribution in [3.63, 3.8) is 0 Å². The molecule has 0 spiro atoms. The van der Waals surface area contributed by atoms with E-state index in [0.717, 1.165) is 31.4 Å². The molecule has 3 heteroatoms. The highest BCUT2D eigenvalue weighted by Crippen LogP contribution is 2.42. The smallest absolute Gasteiger partial charge is 0.146 e. The van der Waals surface area contributed by atoms with Crippen LogP contribution in [-0.4, -0.2) is 11.5 Å². The summed E-state index contributed by atoms with van der Waals surface area (Å²) in [6, 6.07) is 10.4. The van der Waals surface area contributed by atoms with Crippen LogP contribution in [-0.2, 0) is 6.42 Å². The molecule has 1 aromatic carbocycles. The minimum atomic E-state index is -0.213. The van der Waals surface area contributed by atoms with Crippen LogP contribution >= 0.6 is 0 Å². The van der Waals surface area contributed by atoms with E-state index in [2.05, 4.69) is 41.5 Å². The summed E-state index contributed by atoms with van der Waals surface area (Å²) in [5.74, 6) is 0.125. The van der Waals surface area contributed by atoms with Crippen molar-refractivity contribution in [2.75, 3.05) is 6.54 Å². The number of hydrogen-bond donors (Lipinski definition) is 1. The van der Waals surface area contributed by atoms with Crippen LogP contribution in [0.25, 0.3) is 0 Å². The zero-order valence-corrected chi connectivity index (χ0v) is 12.3. The van der Waals surface area contributed by atoms with Crippen molar-refractivity contribution >= 4 is 0 Å². The molecule has 0 saturated heterocycles. The summed E-state index contributed by atoms with van der Waals surface area (Å²) in [6.07, 6.45) is 6.19. The number of rotatable bonds is 5. The van der Waals surface area contributed by atoms with Crippen molar-refractivity contribution < 1.29 is 4.39 Å². The van der Waals surface area contributed by atoms with E-state index in [0.29, 0.717) is 5.92 Å². The highest BCUT2D eigenvalue weighted by atomic mass is 19.1. The summed E-state index contributed by atoms with van der Waals surface area (Å²) in [6.45, 7) is 3.03. The molecule has 0 saturated carbocycles. The number of nitrogens with zero attached hydrogens (tertiary/aromatic N) is 1. The number of nitrogens with one attached hydrogen (secondary N) is 1. The lowest BCUT2D eigenvalue weighted by Gasteiger charge is -2.26. The highest BCUT2D eigenvalue weighted by molar-refractivity contribution is 5.38. The van der Waals surface area contributed by atoms with Crippen molar-refractivity contribution in [2.24, 2.45) is 0 Å². The molecular formula is C18H21FN2. The number of benzene rings is 1. The third-order valence-electron chi connectivity index (χ3n) is 4.33. The molecule has 3 rings (SSSR count). The van der Waals surface area contributed by atoms with Gasteiger partial charge in [-0.1, -0.05) is 31.2 Å². The molecule has 21 heavy (non-hydrogen) atoms. The predicted octanol–water partition coefficient (Wildman–Crippen LogP) is 3.99. The third kappa shape index (κ3) is 2.84. The first-order valence-corrected chi connectivity index (χ1v) is 7.72. The molecule has 0 aliphatic heterocycles. The molecule has 0 bridgehead atoms. The minimum Gasteiger partial charge on any atom is -0.309 e. The lowest BCUT2D eigenvalue weighted by atomic mass is 9.88. The zero-order chi connectivity index (χ0) is 14.7. The Morgan fingerprint density at radius 3 is 3.00 bits per heavy atom. The van der Waals surface area contributed by atoms with Gasteiger partial charge in [-0.2, -0.15) is 0 Å². The van der Waals surface area contributed by atoms with E-state index in [1.165, 1.54) is 17.3 Å². The molecule has 2 nitrogen and oxygen atoms in total. The average molecular weight is 284 g/mol. The quantitative estimate of drug-likeness (QED) is 0.898. The molecule has 1 heterocycles. The Hall–Kier alpha value is -1.74. The van der Waals surface area contributed by atoms with Crippen molar-refractivity contribution in [3.8, 4) is 0 Å². The third-order valence-corrected chi connectivity index (χ3v) is 4.33. The molecule has 0 amide bonds. The molecule has 2 aromatic rings. The second-order valence-corrected chi connectivity index (χ2v) is 5.67. The maximum absolute atomic E-state index is 14.2. The van der Waals surface area contributed by atoms with E-state index in [9.17, 15) is 4.39 Å². The maximum atomic E-state index is 14.2. The SMILES string of the molecule is CCCNC(c1ccncc1F)C1CCc2ccccc21. The summed E-state index contributed by atoms with van der Waals surface area (Å²) >= 11 is 0. The van der Waals surface area contributed by atoms with Gasteiger partial charge in [0.15, 0.2) is 0 Å². The number of pyridine rings is 1. The normalized spacial score (nSPS) is 18.5. The Labute approximate surface area is 125 Å². The summed E-state index contributed by atoms with van der Waals surface area (Å²) in [5, 5.41) is 3.54. The van der Waals surface area contributed by atoms with E-state index < -0.39 is 0 Å². The topological polar surface area (TPSA) is 24.9 Å². The number of aromatic nitrogens is 1. The van der Waals surface area contributed by atoms with Crippen LogP contribution in [0.5, 0.6) is 0 Å². The molecule has 2 unspecified atom stereocenters. The van der Waals surface area contributed by atoms with Gasteiger partial charge in [0.2, 0.25) is 0 Å². The Bertz CT molecular complexity index is 612. The van der Waals surface area contributed by atoms with Crippen LogP contribution in [0, 0.1) is 5.82 Å². The second kappa shape index (κ2) is 6.35. The van der Waals surface area contributed by atoms with E-state index >= 15 is 0 Å². The largest absolute Gasteiger partial charge is 0.309 e. The van der Waals surface area contributed by atoms with Gasteiger partial charge < -0.3 is 5.32 Å². The van der Waals surface area contributed by atoms with E-state index in [-0.39, 0.29) is 11.9 Å². The number of fused-ring (bicyclic) bond motifs is 1. The number of halogens is 1. The number of aryl methyl sites for hydroxylation is 1. The Morgan fingerprint density at radius 2 is 2.19 bits per heavy atom.